The second-order valence-corrected chi connectivity index (χ2v) is 4.40. The fourth-order valence-electron chi connectivity index (χ4n) is 2.07. The Morgan fingerprint density at radius 2 is 1.88 bits per heavy atom. The summed E-state index contributed by atoms with van der Waals surface area (Å²) >= 11 is 0. The zero-order valence-electron chi connectivity index (χ0n) is 9.81. The number of nitrogens with zero attached hydrogens (tertiary/aromatic N) is 3. The molecule has 1 aliphatic rings. The van der Waals surface area contributed by atoms with E-state index in [0.717, 1.165) is 37.3 Å². The van der Waals surface area contributed by atoms with Crippen molar-refractivity contribution in [1.29, 1.82) is 0 Å². The number of carbonyl (C=O) groups is 1. The molecule has 0 spiro atoms. The van der Waals surface area contributed by atoms with Gasteiger partial charge in [-0.2, -0.15) is 0 Å². The molecule has 0 saturated carbocycles. The molecule has 0 radical (unpaired) electrons. The van der Waals surface area contributed by atoms with Crippen molar-refractivity contribution in [3.63, 3.8) is 0 Å². The number of hydrogen-bond donors (Lipinski definition) is 0. The maximum atomic E-state index is 11.2. The predicted octanol–water partition coefficient (Wildman–Crippen LogP) is 1.51. The molecule has 1 aliphatic heterocycles. The lowest BCUT2D eigenvalue weighted by atomic mass is 9.96. The topological polar surface area (TPSA) is 46.1 Å². The van der Waals surface area contributed by atoms with E-state index in [-0.39, 0.29) is 5.91 Å². The van der Waals surface area contributed by atoms with Gasteiger partial charge in [0.05, 0.1) is 0 Å². The van der Waals surface area contributed by atoms with Crippen molar-refractivity contribution in [2.75, 3.05) is 13.1 Å². The van der Waals surface area contributed by atoms with Crippen LogP contribution < -0.4 is 0 Å². The lowest BCUT2D eigenvalue weighted by Gasteiger charge is -2.30. The van der Waals surface area contributed by atoms with Gasteiger partial charge >= 0.3 is 0 Å². The minimum Gasteiger partial charge on any atom is -0.343 e. The number of likely N-dealkylation sites (tertiary alicyclic amines) is 1. The van der Waals surface area contributed by atoms with Crippen LogP contribution >= 0.6 is 0 Å². The number of hydrogen-bond acceptors (Lipinski definition) is 3. The van der Waals surface area contributed by atoms with Gasteiger partial charge in [-0.3, -0.25) is 4.79 Å². The van der Waals surface area contributed by atoms with Crippen LogP contribution in [0.25, 0.3) is 0 Å². The first-order chi connectivity index (χ1) is 7.66. The van der Waals surface area contributed by atoms with Crippen LogP contribution in [0.3, 0.4) is 0 Å². The molecule has 0 bridgehead atoms. The van der Waals surface area contributed by atoms with Gasteiger partial charge in [-0.25, -0.2) is 9.97 Å². The summed E-state index contributed by atoms with van der Waals surface area (Å²) in [4.78, 5) is 21.8. The highest BCUT2D eigenvalue weighted by atomic mass is 16.2. The van der Waals surface area contributed by atoms with E-state index in [4.69, 9.17) is 0 Å². The van der Waals surface area contributed by atoms with Gasteiger partial charge in [0.15, 0.2) is 0 Å². The Bertz CT molecular complexity index is 366. The highest BCUT2D eigenvalue weighted by Gasteiger charge is 2.23. The smallest absolute Gasteiger partial charge is 0.219 e. The average Bonchev–Trinajstić information content (AvgIpc) is 2.30. The SMILES string of the molecule is CC(=O)N1CCC(c2ncc(C)cn2)CC1. The molecule has 0 N–H and O–H groups in total. The predicted molar refractivity (Wildman–Crippen MR) is 61.0 cm³/mol. The van der Waals surface area contributed by atoms with Gasteiger partial charge in [-0.1, -0.05) is 0 Å². The number of piperidine rings is 1. The number of aromatic nitrogens is 2. The maximum Gasteiger partial charge on any atom is 0.219 e. The summed E-state index contributed by atoms with van der Waals surface area (Å²) < 4.78 is 0. The molecule has 86 valence electrons. The molecule has 1 amide bonds. The summed E-state index contributed by atoms with van der Waals surface area (Å²) in [5.74, 6) is 1.51. The highest BCUT2D eigenvalue weighted by Crippen LogP contribution is 2.25. The van der Waals surface area contributed by atoms with Gasteiger partial charge in [-0.05, 0) is 25.3 Å². The zero-order valence-corrected chi connectivity index (χ0v) is 9.81. The average molecular weight is 219 g/mol. The van der Waals surface area contributed by atoms with Crippen LogP contribution in [-0.2, 0) is 4.79 Å². The van der Waals surface area contributed by atoms with Crippen LogP contribution in [0.4, 0.5) is 0 Å². The molecule has 0 atom stereocenters. The minimum absolute atomic E-state index is 0.170. The monoisotopic (exact) mass is 219 g/mol. The lowest BCUT2D eigenvalue weighted by molar-refractivity contribution is -0.129. The molecule has 1 aromatic heterocycles. The molecule has 4 nitrogen and oxygen atoms in total. The Balaban J connectivity index is 1.99. The van der Waals surface area contributed by atoms with Crippen LogP contribution in [-0.4, -0.2) is 33.9 Å². The number of aryl methyl sites for hydroxylation is 1. The van der Waals surface area contributed by atoms with Gasteiger partial charge in [0.1, 0.15) is 5.82 Å². The summed E-state index contributed by atoms with van der Waals surface area (Å²) in [7, 11) is 0. The molecule has 4 heteroatoms. The Morgan fingerprint density at radius 3 is 2.38 bits per heavy atom. The lowest BCUT2D eigenvalue weighted by Crippen LogP contribution is -2.36. The summed E-state index contributed by atoms with van der Waals surface area (Å²) in [6.07, 6.45) is 5.67. The van der Waals surface area contributed by atoms with Gasteiger partial charge in [0, 0.05) is 38.3 Å². The molecular weight excluding hydrogens is 202 g/mol. The minimum atomic E-state index is 0.170. The van der Waals surface area contributed by atoms with Crippen LogP contribution in [0, 0.1) is 6.92 Å². The van der Waals surface area contributed by atoms with E-state index < -0.39 is 0 Å². The van der Waals surface area contributed by atoms with E-state index in [1.165, 1.54) is 0 Å². The first kappa shape index (κ1) is 11.0. The van der Waals surface area contributed by atoms with Crippen LogP contribution in [0.5, 0.6) is 0 Å². The molecule has 2 heterocycles. The summed E-state index contributed by atoms with van der Waals surface area (Å²) in [5, 5.41) is 0. The van der Waals surface area contributed by atoms with Crippen molar-refractivity contribution in [2.45, 2.75) is 32.6 Å². The standard InChI is InChI=1S/C12H17N3O/c1-9-7-13-12(14-8-9)11-3-5-15(6-4-11)10(2)16/h7-8,11H,3-6H2,1-2H3. The van der Waals surface area contributed by atoms with Gasteiger partial charge in [0.25, 0.3) is 0 Å². The van der Waals surface area contributed by atoms with Crippen molar-refractivity contribution < 1.29 is 4.79 Å². The van der Waals surface area contributed by atoms with Gasteiger partial charge in [0.2, 0.25) is 5.91 Å². The van der Waals surface area contributed by atoms with E-state index in [2.05, 4.69) is 9.97 Å². The van der Waals surface area contributed by atoms with Crippen LogP contribution in [0.2, 0.25) is 0 Å². The van der Waals surface area contributed by atoms with E-state index in [1.54, 1.807) is 6.92 Å². The summed E-state index contributed by atoms with van der Waals surface area (Å²) in [6.45, 7) is 5.28. The van der Waals surface area contributed by atoms with Crippen molar-refractivity contribution in [3.8, 4) is 0 Å². The van der Waals surface area contributed by atoms with Crippen molar-refractivity contribution in [3.05, 3.63) is 23.8 Å². The Morgan fingerprint density at radius 1 is 1.31 bits per heavy atom. The highest BCUT2D eigenvalue weighted by molar-refractivity contribution is 5.73. The molecule has 16 heavy (non-hydrogen) atoms. The molecule has 0 aromatic carbocycles. The molecular formula is C12H17N3O. The Kier molecular flexibility index (Phi) is 3.17. The van der Waals surface area contributed by atoms with E-state index in [0.29, 0.717) is 5.92 Å². The van der Waals surface area contributed by atoms with Crippen LogP contribution in [0.15, 0.2) is 12.4 Å². The molecule has 1 saturated heterocycles. The third-order valence-electron chi connectivity index (χ3n) is 3.11. The molecule has 0 unspecified atom stereocenters. The second kappa shape index (κ2) is 4.60. The first-order valence-corrected chi connectivity index (χ1v) is 5.71. The van der Waals surface area contributed by atoms with E-state index in [9.17, 15) is 4.79 Å². The fourth-order valence-corrected chi connectivity index (χ4v) is 2.07. The van der Waals surface area contributed by atoms with Crippen molar-refractivity contribution >= 4 is 5.91 Å². The third kappa shape index (κ3) is 2.38. The third-order valence-corrected chi connectivity index (χ3v) is 3.11. The molecule has 2 rings (SSSR count). The van der Waals surface area contributed by atoms with Crippen LogP contribution in [0.1, 0.15) is 37.1 Å². The van der Waals surface area contributed by atoms with Gasteiger partial charge < -0.3 is 4.90 Å². The Hall–Kier alpha value is -1.45. The first-order valence-electron chi connectivity index (χ1n) is 5.71. The maximum absolute atomic E-state index is 11.2. The Labute approximate surface area is 95.7 Å². The van der Waals surface area contributed by atoms with Crippen molar-refractivity contribution in [2.24, 2.45) is 0 Å². The van der Waals surface area contributed by atoms with E-state index >= 15 is 0 Å². The van der Waals surface area contributed by atoms with Gasteiger partial charge in [-0.15, -0.1) is 0 Å². The number of amides is 1. The molecule has 1 aromatic rings. The molecule has 1 fully saturated rings. The second-order valence-electron chi connectivity index (χ2n) is 4.40. The zero-order chi connectivity index (χ0) is 11.5. The summed E-state index contributed by atoms with van der Waals surface area (Å²) in [6, 6.07) is 0. The number of rotatable bonds is 1. The normalized spacial score (nSPS) is 17.5. The summed E-state index contributed by atoms with van der Waals surface area (Å²) in [5.41, 5.74) is 1.09. The quantitative estimate of drug-likeness (QED) is 0.719. The fraction of sp³-hybridized carbons (Fsp3) is 0.583. The van der Waals surface area contributed by atoms with E-state index in [1.807, 2.05) is 24.2 Å². The molecule has 0 aliphatic carbocycles. The largest absolute Gasteiger partial charge is 0.343 e. The van der Waals surface area contributed by atoms with Crippen molar-refractivity contribution in [1.82, 2.24) is 14.9 Å². The number of carbonyl (C=O) groups excluding carboxylic acids is 1.